The molecule has 1 heterocycles. The molecule has 0 aliphatic carbocycles. The Balaban J connectivity index is 1.97. The summed E-state index contributed by atoms with van der Waals surface area (Å²) < 4.78 is 32.0. The molecule has 1 aliphatic rings. The van der Waals surface area contributed by atoms with Crippen LogP contribution in [0.4, 0.5) is 13.6 Å². The summed E-state index contributed by atoms with van der Waals surface area (Å²) in [4.78, 5) is 12.1. The zero-order chi connectivity index (χ0) is 17.7. The summed E-state index contributed by atoms with van der Waals surface area (Å²) in [5.41, 5.74) is 0.484. The van der Waals surface area contributed by atoms with Crippen molar-refractivity contribution in [2.45, 2.75) is 44.9 Å². The molecule has 1 aromatic rings. The fourth-order valence-corrected chi connectivity index (χ4v) is 2.90. The highest BCUT2D eigenvalue weighted by Crippen LogP contribution is 2.30. The number of aliphatic hydroxyl groups is 1. The Bertz CT molecular complexity index is 569. The van der Waals surface area contributed by atoms with E-state index in [0.29, 0.717) is 30.9 Å². The molecule has 24 heavy (non-hydrogen) atoms. The van der Waals surface area contributed by atoms with Crippen LogP contribution in [-0.2, 0) is 4.74 Å². The van der Waals surface area contributed by atoms with Gasteiger partial charge in [0.05, 0.1) is 18.7 Å². The van der Waals surface area contributed by atoms with Gasteiger partial charge in [0.2, 0.25) is 0 Å². The molecule has 3 N–H and O–H groups in total. The number of aliphatic hydroxyl groups excluding tert-OH is 1. The molecule has 0 aromatic heterocycles. The van der Waals surface area contributed by atoms with Gasteiger partial charge >= 0.3 is 6.03 Å². The molecule has 1 aliphatic heterocycles. The molecular weight excluding hydrogens is 318 g/mol. The highest BCUT2D eigenvalue weighted by molar-refractivity contribution is 5.74. The number of halogens is 2. The van der Waals surface area contributed by atoms with E-state index in [0.717, 1.165) is 12.1 Å². The van der Waals surface area contributed by atoms with E-state index in [9.17, 15) is 18.7 Å². The van der Waals surface area contributed by atoms with Gasteiger partial charge in [-0.2, -0.15) is 0 Å². The van der Waals surface area contributed by atoms with Crippen LogP contribution in [0.5, 0.6) is 0 Å². The molecule has 2 amide bonds. The maximum atomic E-state index is 13.4. The zero-order valence-electron chi connectivity index (χ0n) is 13.9. The second-order valence-corrected chi connectivity index (χ2v) is 6.49. The van der Waals surface area contributed by atoms with Crippen molar-refractivity contribution in [3.8, 4) is 0 Å². The van der Waals surface area contributed by atoms with Crippen molar-refractivity contribution in [3.05, 3.63) is 35.4 Å². The minimum Gasteiger partial charge on any atom is -0.394 e. The number of carbonyl (C=O) groups is 1. The monoisotopic (exact) mass is 342 g/mol. The van der Waals surface area contributed by atoms with Gasteiger partial charge < -0.3 is 20.5 Å². The second kappa shape index (κ2) is 8.39. The topological polar surface area (TPSA) is 70.6 Å². The molecule has 3 atom stereocenters. The van der Waals surface area contributed by atoms with Crippen LogP contribution in [-0.4, -0.2) is 36.4 Å². The largest absolute Gasteiger partial charge is 0.394 e. The lowest BCUT2D eigenvalue weighted by Crippen LogP contribution is -2.48. The van der Waals surface area contributed by atoms with E-state index < -0.39 is 23.8 Å². The molecule has 2 rings (SSSR count). The van der Waals surface area contributed by atoms with Crippen LogP contribution in [0.15, 0.2) is 18.2 Å². The van der Waals surface area contributed by atoms with Crippen molar-refractivity contribution in [3.63, 3.8) is 0 Å². The number of rotatable bonds is 6. The quantitative estimate of drug-likeness (QED) is 0.744. The summed E-state index contributed by atoms with van der Waals surface area (Å²) in [6.07, 6.45) is 0.714. The van der Waals surface area contributed by atoms with Crippen molar-refractivity contribution >= 4 is 6.03 Å². The third kappa shape index (κ3) is 4.88. The van der Waals surface area contributed by atoms with Crippen LogP contribution in [0.3, 0.4) is 0 Å². The van der Waals surface area contributed by atoms with Gasteiger partial charge in [-0.15, -0.1) is 0 Å². The number of ether oxygens (including phenoxy) is 1. The van der Waals surface area contributed by atoms with Gasteiger partial charge in [0, 0.05) is 6.61 Å². The normalized spacial score (nSPS) is 21.8. The van der Waals surface area contributed by atoms with Gasteiger partial charge in [-0.3, -0.25) is 0 Å². The SMILES string of the molecule is CC(C)C[C@H](CO)NC(=O)N[C@@H]1CCO[C@@H]1c1ccc(F)c(F)c1. The Hall–Kier alpha value is -1.73. The highest BCUT2D eigenvalue weighted by atomic mass is 19.2. The van der Waals surface area contributed by atoms with Crippen molar-refractivity contribution in [1.29, 1.82) is 0 Å². The maximum absolute atomic E-state index is 13.4. The van der Waals surface area contributed by atoms with Crippen molar-refractivity contribution in [1.82, 2.24) is 10.6 Å². The summed E-state index contributed by atoms with van der Waals surface area (Å²) in [6, 6.07) is 2.53. The molecule has 0 bridgehead atoms. The van der Waals surface area contributed by atoms with E-state index in [1.165, 1.54) is 6.07 Å². The number of carbonyl (C=O) groups excluding carboxylic acids is 1. The van der Waals surface area contributed by atoms with Crippen LogP contribution >= 0.6 is 0 Å². The van der Waals surface area contributed by atoms with Crippen LogP contribution in [0.1, 0.15) is 38.4 Å². The summed E-state index contributed by atoms with van der Waals surface area (Å²) in [5.74, 6) is -1.52. The first kappa shape index (κ1) is 18.6. The summed E-state index contributed by atoms with van der Waals surface area (Å²) in [5, 5.41) is 14.9. The van der Waals surface area contributed by atoms with Crippen LogP contribution in [0, 0.1) is 17.6 Å². The number of hydrogen-bond acceptors (Lipinski definition) is 3. The fourth-order valence-electron chi connectivity index (χ4n) is 2.90. The molecule has 5 nitrogen and oxygen atoms in total. The minimum absolute atomic E-state index is 0.140. The molecule has 0 saturated carbocycles. The predicted octanol–water partition coefficient (Wildman–Crippen LogP) is 2.50. The molecule has 0 spiro atoms. The van der Waals surface area contributed by atoms with E-state index in [1.54, 1.807) is 0 Å². The van der Waals surface area contributed by atoms with E-state index >= 15 is 0 Å². The Kier molecular flexibility index (Phi) is 6.51. The molecular formula is C17H24F2N2O3. The van der Waals surface area contributed by atoms with Crippen LogP contribution in [0.2, 0.25) is 0 Å². The average Bonchev–Trinajstić information content (AvgIpc) is 2.96. The smallest absolute Gasteiger partial charge is 0.315 e. The number of urea groups is 1. The Labute approximate surface area is 140 Å². The second-order valence-electron chi connectivity index (χ2n) is 6.49. The number of nitrogens with one attached hydrogen (secondary N) is 2. The lowest BCUT2D eigenvalue weighted by Gasteiger charge is -2.23. The molecule has 7 heteroatoms. The lowest BCUT2D eigenvalue weighted by molar-refractivity contribution is 0.0992. The number of amides is 2. The minimum atomic E-state index is -0.941. The third-order valence-corrected chi connectivity index (χ3v) is 3.99. The van der Waals surface area contributed by atoms with Gasteiger partial charge in [0.15, 0.2) is 11.6 Å². The van der Waals surface area contributed by atoms with Crippen LogP contribution < -0.4 is 10.6 Å². The zero-order valence-corrected chi connectivity index (χ0v) is 13.9. The summed E-state index contributed by atoms with van der Waals surface area (Å²) in [6.45, 7) is 4.29. The molecule has 134 valence electrons. The summed E-state index contributed by atoms with van der Waals surface area (Å²) in [7, 11) is 0. The standard InChI is InChI=1S/C17H24F2N2O3/c1-10(2)7-12(9-22)20-17(23)21-15-5-6-24-16(15)11-3-4-13(18)14(19)8-11/h3-4,8,10,12,15-16,22H,5-7,9H2,1-2H3,(H2,20,21,23)/t12-,15-,16-/m1/s1. The highest BCUT2D eigenvalue weighted by Gasteiger charge is 2.31. The molecule has 1 saturated heterocycles. The number of benzene rings is 1. The Morgan fingerprint density at radius 2 is 2.12 bits per heavy atom. The molecule has 1 aromatic carbocycles. The van der Waals surface area contributed by atoms with Gasteiger partial charge in [-0.05, 0) is 36.5 Å². The van der Waals surface area contributed by atoms with E-state index in [4.69, 9.17) is 4.74 Å². The first-order valence-corrected chi connectivity index (χ1v) is 8.15. The fraction of sp³-hybridized carbons (Fsp3) is 0.588. The first-order chi connectivity index (χ1) is 11.4. The Morgan fingerprint density at radius 1 is 1.38 bits per heavy atom. The van der Waals surface area contributed by atoms with E-state index in [2.05, 4.69) is 10.6 Å². The van der Waals surface area contributed by atoms with E-state index in [-0.39, 0.29) is 18.7 Å². The van der Waals surface area contributed by atoms with Gasteiger partial charge in [-0.25, -0.2) is 13.6 Å². The molecule has 0 unspecified atom stereocenters. The van der Waals surface area contributed by atoms with Gasteiger partial charge in [-0.1, -0.05) is 19.9 Å². The van der Waals surface area contributed by atoms with E-state index in [1.807, 2.05) is 13.8 Å². The lowest BCUT2D eigenvalue weighted by atomic mass is 10.0. The predicted molar refractivity (Wildman–Crippen MR) is 85.5 cm³/mol. The number of hydrogen-bond donors (Lipinski definition) is 3. The average molecular weight is 342 g/mol. The van der Waals surface area contributed by atoms with Crippen LogP contribution in [0.25, 0.3) is 0 Å². The van der Waals surface area contributed by atoms with Gasteiger partial charge in [0.25, 0.3) is 0 Å². The Morgan fingerprint density at radius 3 is 2.75 bits per heavy atom. The van der Waals surface area contributed by atoms with Gasteiger partial charge in [0.1, 0.15) is 6.10 Å². The summed E-state index contributed by atoms with van der Waals surface area (Å²) >= 11 is 0. The van der Waals surface area contributed by atoms with Crippen molar-refractivity contribution < 1.29 is 23.4 Å². The molecule has 0 radical (unpaired) electrons. The first-order valence-electron chi connectivity index (χ1n) is 8.15. The molecule has 1 fully saturated rings. The maximum Gasteiger partial charge on any atom is 0.315 e. The third-order valence-electron chi connectivity index (χ3n) is 3.99. The van der Waals surface area contributed by atoms with Crippen molar-refractivity contribution in [2.75, 3.05) is 13.2 Å². The van der Waals surface area contributed by atoms with Crippen molar-refractivity contribution in [2.24, 2.45) is 5.92 Å².